The van der Waals surface area contributed by atoms with Crippen LogP contribution in [0.4, 0.5) is 0 Å². The van der Waals surface area contributed by atoms with Crippen molar-refractivity contribution in [1.82, 2.24) is 0 Å². The Morgan fingerprint density at radius 1 is 1.56 bits per heavy atom. The molecule has 0 saturated heterocycles. The summed E-state index contributed by atoms with van der Waals surface area (Å²) >= 11 is 10.8. The summed E-state index contributed by atoms with van der Waals surface area (Å²) in [6.07, 6.45) is 1.19. The van der Waals surface area contributed by atoms with Crippen molar-refractivity contribution in [3.8, 4) is 0 Å². The number of nitrogens with one attached hydrogen (secondary N) is 1. The highest BCUT2D eigenvalue weighted by Gasteiger charge is 2.18. The second kappa shape index (κ2) is 2.19. The van der Waals surface area contributed by atoms with Crippen LogP contribution in [0.3, 0.4) is 0 Å². The minimum atomic E-state index is -0.320. The molecule has 5 heteroatoms. The van der Waals surface area contributed by atoms with E-state index < -0.39 is 0 Å². The molecule has 0 aliphatic carbocycles. The van der Waals surface area contributed by atoms with E-state index in [0.717, 1.165) is 0 Å². The Kier molecular flexibility index (Phi) is 1.68. The molecule has 3 N–H and O–H groups in total. The number of allylic oxidation sites excluding steroid dienone is 1. The third-order valence-corrected chi connectivity index (χ3v) is 1.67. The number of nitrogens with two attached hydrogens (primary N) is 1. The second-order valence-electron chi connectivity index (χ2n) is 1.58. The van der Waals surface area contributed by atoms with E-state index in [0.29, 0.717) is 0 Å². The van der Waals surface area contributed by atoms with Gasteiger partial charge in [-0.05, 0) is 11.6 Å². The summed E-state index contributed by atoms with van der Waals surface area (Å²) < 4.78 is 0. The van der Waals surface area contributed by atoms with Gasteiger partial charge in [0.2, 0.25) is 5.16 Å². The molecule has 1 aliphatic heterocycles. The zero-order chi connectivity index (χ0) is 7.02. The normalized spacial score (nSPS) is 27.0. The van der Waals surface area contributed by atoms with E-state index in [2.05, 4.69) is 0 Å². The summed E-state index contributed by atoms with van der Waals surface area (Å²) in [5.74, 6) is 0. The highest BCUT2D eigenvalue weighted by atomic mass is 35.5. The second-order valence-corrected chi connectivity index (χ2v) is 2.37. The van der Waals surface area contributed by atoms with Crippen molar-refractivity contribution in [3.05, 3.63) is 27.3 Å². The van der Waals surface area contributed by atoms with Gasteiger partial charge in [-0.25, -0.2) is 0 Å². The van der Waals surface area contributed by atoms with E-state index in [1.807, 2.05) is 0 Å². The van der Waals surface area contributed by atoms with Gasteiger partial charge in [-0.3, -0.25) is 0 Å². The summed E-state index contributed by atoms with van der Waals surface area (Å²) in [6.45, 7) is 0. The van der Waals surface area contributed by atoms with Gasteiger partial charge in [-0.1, -0.05) is 11.6 Å². The third kappa shape index (κ3) is 1.04. The standard InChI is InChI=1S/C4H4Cl2N2O/c5-2-1-8(9)4(6)3(2)7/h1,8H,7H2. The fraction of sp³-hybridized carbons (Fsp3) is 0. The lowest BCUT2D eigenvalue weighted by Gasteiger charge is -2.09. The average molecular weight is 167 g/mol. The molecular formula is C4H4Cl2N2O. The maximum atomic E-state index is 10.6. The predicted octanol–water partition coefficient (Wildman–Crippen LogP) is -0.170. The molecule has 0 radical (unpaired) electrons. The summed E-state index contributed by atoms with van der Waals surface area (Å²) in [5, 5.41) is 10.5. The summed E-state index contributed by atoms with van der Waals surface area (Å²) in [6, 6.07) is 0. The lowest BCUT2D eigenvalue weighted by atomic mass is 10.5. The van der Waals surface area contributed by atoms with Crippen LogP contribution in [0, 0.1) is 5.21 Å². The van der Waals surface area contributed by atoms with Crippen molar-refractivity contribution in [2.24, 2.45) is 5.73 Å². The molecule has 0 bridgehead atoms. The van der Waals surface area contributed by atoms with Crippen LogP contribution in [0.5, 0.6) is 0 Å². The molecular weight excluding hydrogens is 163 g/mol. The SMILES string of the molecule is NC1=C(Cl)[NH+]([O-])C=C1Cl. The molecule has 1 unspecified atom stereocenters. The van der Waals surface area contributed by atoms with Gasteiger partial charge >= 0.3 is 0 Å². The maximum Gasteiger partial charge on any atom is 0.229 e. The Morgan fingerprint density at radius 2 is 2.11 bits per heavy atom. The number of hydrogen-bond acceptors (Lipinski definition) is 2. The summed E-state index contributed by atoms with van der Waals surface area (Å²) in [5.41, 5.74) is 5.41. The molecule has 1 heterocycles. The quantitative estimate of drug-likeness (QED) is 0.388. The van der Waals surface area contributed by atoms with Crippen LogP contribution < -0.4 is 10.8 Å². The van der Waals surface area contributed by atoms with Crippen LogP contribution in [0.1, 0.15) is 0 Å². The highest BCUT2D eigenvalue weighted by Crippen LogP contribution is 2.15. The van der Waals surface area contributed by atoms with Crippen LogP contribution in [0.2, 0.25) is 0 Å². The number of hydroxylamine groups is 2. The van der Waals surface area contributed by atoms with E-state index in [-0.39, 0.29) is 20.9 Å². The first-order valence-corrected chi connectivity index (χ1v) is 2.95. The molecule has 3 nitrogen and oxygen atoms in total. The average Bonchev–Trinajstić information content (AvgIpc) is 1.98. The minimum Gasteiger partial charge on any atom is -0.623 e. The van der Waals surface area contributed by atoms with Crippen molar-refractivity contribution < 1.29 is 5.06 Å². The number of quaternary nitrogens is 1. The molecule has 0 amide bonds. The maximum absolute atomic E-state index is 10.6. The van der Waals surface area contributed by atoms with Gasteiger partial charge in [-0.15, -0.1) is 0 Å². The summed E-state index contributed by atoms with van der Waals surface area (Å²) in [4.78, 5) is 0. The topological polar surface area (TPSA) is 53.5 Å². The van der Waals surface area contributed by atoms with E-state index in [1.165, 1.54) is 6.20 Å². The number of halogens is 2. The zero-order valence-electron chi connectivity index (χ0n) is 4.32. The molecule has 0 aromatic rings. The Balaban J connectivity index is 2.97. The monoisotopic (exact) mass is 166 g/mol. The molecule has 0 spiro atoms. The van der Waals surface area contributed by atoms with Crippen molar-refractivity contribution in [2.75, 3.05) is 0 Å². The first-order valence-electron chi connectivity index (χ1n) is 2.20. The molecule has 50 valence electrons. The van der Waals surface area contributed by atoms with E-state index in [4.69, 9.17) is 28.9 Å². The van der Waals surface area contributed by atoms with Gasteiger partial charge in [-0.2, -0.15) is 0 Å². The molecule has 0 fully saturated rings. The zero-order valence-corrected chi connectivity index (χ0v) is 5.83. The fourth-order valence-corrected chi connectivity index (χ4v) is 0.892. The van der Waals surface area contributed by atoms with Gasteiger partial charge < -0.3 is 16.0 Å². The minimum absolute atomic E-state index is 0.0139. The Hall–Kier alpha value is -0.220. The predicted molar refractivity (Wildman–Crippen MR) is 35.3 cm³/mol. The highest BCUT2D eigenvalue weighted by molar-refractivity contribution is 6.35. The first kappa shape index (κ1) is 6.89. The lowest BCUT2D eigenvalue weighted by Crippen LogP contribution is -2.98. The van der Waals surface area contributed by atoms with Gasteiger partial charge in [0.25, 0.3) is 0 Å². The van der Waals surface area contributed by atoms with Crippen molar-refractivity contribution >= 4 is 23.2 Å². The van der Waals surface area contributed by atoms with Crippen LogP contribution in [0.15, 0.2) is 22.1 Å². The smallest absolute Gasteiger partial charge is 0.229 e. The summed E-state index contributed by atoms with van der Waals surface area (Å²) in [7, 11) is 0. The van der Waals surface area contributed by atoms with Gasteiger partial charge in [0.1, 0.15) is 16.9 Å². The third-order valence-electron chi connectivity index (χ3n) is 0.968. The molecule has 1 atom stereocenters. The van der Waals surface area contributed by atoms with Gasteiger partial charge in [0.05, 0.1) is 0 Å². The lowest BCUT2D eigenvalue weighted by molar-refractivity contribution is -0.735. The first-order chi connectivity index (χ1) is 4.13. The van der Waals surface area contributed by atoms with Crippen molar-refractivity contribution in [2.45, 2.75) is 0 Å². The Morgan fingerprint density at radius 3 is 2.22 bits per heavy atom. The van der Waals surface area contributed by atoms with E-state index in [9.17, 15) is 5.21 Å². The molecule has 0 aromatic heterocycles. The molecule has 9 heavy (non-hydrogen) atoms. The Bertz CT molecular complexity index is 199. The Labute approximate surface area is 61.9 Å². The molecule has 0 aromatic carbocycles. The van der Waals surface area contributed by atoms with Crippen LogP contribution in [-0.2, 0) is 0 Å². The van der Waals surface area contributed by atoms with Crippen LogP contribution in [0.25, 0.3) is 0 Å². The molecule has 0 saturated carbocycles. The fourth-order valence-electron chi connectivity index (χ4n) is 0.494. The molecule has 1 aliphatic rings. The van der Waals surface area contributed by atoms with Gasteiger partial charge in [0.15, 0.2) is 0 Å². The number of hydrogen-bond donors (Lipinski definition) is 2. The van der Waals surface area contributed by atoms with Gasteiger partial charge in [0, 0.05) is 0 Å². The van der Waals surface area contributed by atoms with E-state index in [1.54, 1.807) is 0 Å². The largest absolute Gasteiger partial charge is 0.623 e. The van der Waals surface area contributed by atoms with Crippen LogP contribution >= 0.6 is 23.2 Å². The van der Waals surface area contributed by atoms with Crippen molar-refractivity contribution in [1.29, 1.82) is 0 Å². The van der Waals surface area contributed by atoms with Crippen LogP contribution in [-0.4, -0.2) is 0 Å². The van der Waals surface area contributed by atoms with E-state index >= 15 is 0 Å². The van der Waals surface area contributed by atoms with Crippen molar-refractivity contribution in [3.63, 3.8) is 0 Å². The molecule has 1 rings (SSSR count). The number of rotatable bonds is 0.